The topological polar surface area (TPSA) is 63.6 Å². The van der Waals surface area contributed by atoms with Crippen molar-refractivity contribution in [2.24, 2.45) is 0 Å². The highest BCUT2D eigenvalue weighted by molar-refractivity contribution is 5.98. The van der Waals surface area contributed by atoms with Gasteiger partial charge in [0.05, 0.1) is 0 Å². The van der Waals surface area contributed by atoms with Gasteiger partial charge < -0.3 is 9.84 Å². The highest BCUT2D eigenvalue weighted by atomic mass is 16.5. The zero-order chi connectivity index (χ0) is 15.5. The Bertz CT molecular complexity index is 774. The van der Waals surface area contributed by atoms with E-state index in [2.05, 4.69) is 6.07 Å². The molecule has 0 atom stereocenters. The summed E-state index contributed by atoms with van der Waals surface area (Å²) < 4.78 is 5.27. The Morgan fingerprint density at radius 2 is 1.86 bits per heavy atom. The lowest BCUT2D eigenvalue weighted by Crippen LogP contribution is -2.08. The lowest BCUT2D eigenvalue weighted by molar-refractivity contribution is -0.140. The molecule has 1 N–H and O–H groups in total. The van der Waals surface area contributed by atoms with Crippen LogP contribution in [0.2, 0.25) is 0 Å². The molecule has 0 spiro atoms. The van der Waals surface area contributed by atoms with Crippen LogP contribution in [0, 0.1) is 0 Å². The maximum Gasteiger partial charge on any atom is 0.341 e. The van der Waals surface area contributed by atoms with E-state index in [4.69, 9.17) is 9.84 Å². The van der Waals surface area contributed by atoms with Crippen LogP contribution in [0.4, 0.5) is 0 Å². The number of carbonyl (C=O) groups excluding carboxylic acids is 1. The molecule has 0 heterocycles. The number of aliphatic carboxylic acids is 1. The van der Waals surface area contributed by atoms with E-state index in [-0.39, 0.29) is 5.78 Å². The van der Waals surface area contributed by atoms with E-state index >= 15 is 0 Å². The Labute approximate surface area is 128 Å². The minimum atomic E-state index is -1.03. The minimum absolute atomic E-state index is 0.0496. The average Bonchev–Trinajstić information content (AvgIpc) is 2.86. The largest absolute Gasteiger partial charge is 0.486 e. The summed E-state index contributed by atoms with van der Waals surface area (Å²) in [5.74, 6) is -0.453. The van der Waals surface area contributed by atoms with Gasteiger partial charge in [0.15, 0.2) is 12.4 Å². The Hall–Kier alpha value is -2.62. The summed E-state index contributed by atoms with van der Waals surface area (Å²) >= 11 is 0. The third kappa shape index (κ3) is 3.01. The number of hydrogen-bond donors (Lipinski definition) is 1. The van der Waals surface area contributed by atoms with Gasteiger partial charge in [-0.15, -0.1) is 0 Å². The van der Waals surface area contributed by atoms with Crippen LogP contribution in [-0.4, -0.2) is 23.5 Å². The number of ketones is 1. The van der Waals surface area contributed by atoms with E-state index in [1.165, 1.54) is 0 Å². The number of rotatable bonds is 5. The summed E-state index contributed by atoms with van der Waals surface area (Å²) in [6, 6.07) is 14.1. The zero-order valence-electron chi connectivity index (χ0n) is 12.0. The third-order valence-electron chi connectivity index (χ3n) is 3.82. The molecule has 4 heteroatoms. The molecule has 0 amide bonds. The monoisotopic (exact) mass is 296 g/mol. The van der Waals surface area contributed by atoms with Gasteiger partial charge in [-0.25, -0.2) is 4.79 Å². The number of carboxylic acids is 1. The quantitative estimate of drug-likeness (QED) is 0.921. The number of ether oxygens (including phenoxy) is 1. The molecule has 1 aliphatic rings. The molecule has 3 rings (SSSR count). The van der Waals surface area contributed by atoms with Crippen molar-refractivity contribution in [3.63, 3.8) is 0 Å². The maximum atomic E-state index is 12.0. The van der Waals surface area contributed by atoms with Crippen molar-refractivity contribution in [2.75, 3.05) is 6.61 Å². The van der Waals surface area contributed by atoms with Crippen molar-refractivity contribution in [2.45, 2.75) is 19.3 Å². The molecule has 112 valence electrons. The second-order valence-corrected chi connectivity index (χ2v) is 5.37. The number of allylic oxidation sites excluding steroid dienone is 2. The molecule has 4 nitrogen and oxygen atoms in total. The lowest BCUT2D eigenvalue weighted by atomic mass is 10.0. The molecule has 2 aromatic rings. The summed E-state index contributed by atoms with van der Waals surface area (Å²) in [5.41, 5.74) is 1.64. The van der Waals surface area contributed by atoms with Gasteiger partial charge in [-0.2, -0.15) is 0 Å². The first-order chi connectivity index (χ1) is 10.6. The van der Waals surface area contributed by atoms with Crippen LogP contribution < -0.4 is 0 Å². The molecule has 0 unspecified atom stereocenters. The highest BCUT2D eigenvalue weighted by Gasteiger charge is 2.25. The molecule has 0 saturated carbocycles. The Kier molecular flexibility index (Phi) is 3.92. The smallest absolute Gasteiger partial charge is 0.341 e. The second kappa shape index (κ2) is 6.02. The molecule has 0 fully saturated rings. The number of carbonyl (C=O) groups is 2. The molecule has 0 bridgehead atoms. The summed E-state index contributed by atoms with van der Waals surface area (Å²) in [4.78, 5) is 22.6. The summed E-state index contributed by atoms with van der Waals surface area (Å²) in [6.45, 7) is -0.399. The minimum Gasteiger partial charge on any atom is -0.486 e. The van der Waals surface area contributed by atoms with Gasteiger partial charge in [0.1, 0.15) is 5.76 Å². The molecule has 0 saturated heterocycles. The summed E-state index contributed by atoms with van der Waals surface area (Å²) in [5, 5.41) is 11.0. The fourth-order valence-electron chi connectivity index (χ4n) is 2.74. The van der Waals surface area contributed by atoms with E-state index < -0.39 is 12.6 Å². The third-order valence-corrected chi connectivity index (χ3v) is 3.82. The van der Waals surface area contributed by atoms with Gasteiger partial charge in [-0.3, -0.25) is 4.79 Å². The van der Waals surface area contributed by atoms with Gasteiger partial charge in [0.2, 0.25) is 0 Å². The molecular formula is C18H16O4. The van der Waals surface area contributed by atoms with Crippen molar-refractivity contribution in [3.05, 3.63) is 59.4 Å². The Balaban J connectivity index is 1.86. The summed E-state index contributed by atoms with van der Waals surface area (Å²) in [6.07, 6.45) is 1.38. The number of hydrogen-bond acceptors (Lipinski definition) is 3. The summed E-state index contributed by atoms with van der Waals surface area (Å²) in [7, 11) is 0. The number of Topliss-reactive ketones (excluding diaryl/α,β-unsaturated/α-hetero) is 1. The standard InChI is InChI=1S/C18H16O4/c19-16-7-8-17(22-11-18(20)21)15(16)10-12-5-6-13-3-1-2-4-14(13)9-12/h1-6,9H,7-8,10-11H2,(H,20,21). The molecule has 0 radical (unpaired) electrons. The van der Waals surface area contributed by atoms with Crippen LogP contribution >= 0.6 is 0 Å². The highest BCUT2D eigenvalue weighted by Crippen LogP contribution is 2.28. The molecule has 1 aliphatic carbocycles. The van der Waals surface area contributed by atoms with E-state index in [0.29, 0.717) is 30.6 Å². The van der Waals surface area contributed by atoms with E-state index in [1.54, 1.807) is 0 Å². The van der Waals surface area contributed by atoms with Crippen LogP contribution in [0.25, 0.3) is 10.8 Å². The fraction of sp³-hybridized carbons (Fsp3) is 0.222. The van der Waals surface area contributed by atoms with Gasteiger partial charge in [-0.1, -0.05) is 42.5 Å². The number of carboxylic acid groups (broad SMARTS) is 1. The molecule has 0 aromatic heterocycles. The fourth-order valence-corrected chi connectivity index (χ4v) is 2.74. The van der Waals surface area contributed by atoms with E-state index in [1.807, 2.05) is 36.4 Å². The van der Waals surface area contributed by atoms with Crippen molar-refractivity contribution in [3.8, 4) is 0 Å². The zero-order valence-corrected chi connectivity index (χ0v) is 12.0. The van der Waals surface area contributed by atoms with E-state index in [9.17, 15) is 9.59 Å². The average molecular weight is 296 g/mol. The lowest BCUT2D eigenvalue weighted by Gasteiger charge is -2.08. The predicted octanol–water partition coefficient (Wildman–Crippen LogP) is 3.10. The molecule has 2 aromatic carbocycles. The SMILES string of the molecule is O=C(O)COC1=C(Cc2ccc3ccccc3c2)C(=O)CC1. The van der Waals surface area contributed by atoms with Crippen molar-refractivity contribution >= 4 is 22.5 Å². The van der Waals surface area contributed by atoms with Crippen LogP contribution in [0.3, 0.4) is 0 Å². The first-order valence-electron chi connectivity index (χ1n) is 7.21. The van der Waals surface area contributed by atoms with Gasteiger partial charge in [-0.05, 0) is 16.3 Å². The van der Waals surface area contributed by atoms with Crippen molar-refractivity contribution < 1.29 is 19.4 Å². The van der Waals surface area contributed by atoms with Gasteiger partial charge >= 0.3 is 5.97 Å². The normalized spacial score (nSPS) is 14.6. The first-order valence-corrected chi connectivity index (χ1v) is 7.21. The number of fused-ring (bicyclic) bond motifs is 1. The van der Waals surface area contributed by atoms with Crippen molar-refractivity contribution in [1.29, 1.82) is 0 Å². The first kappa shape index (κ1) is 14.3. The van der Waals surface area contributed by atoms with Gasteiger partial charge in [0, 0.05) is 24.8 Å². The van der Waals surface area contributed by atoms with Crippen LogP contribution in [0.1, 0.15) is 18.4 Å². The maximum absolute atomic E-state index is 12.0. The second-order valence-electron chi connectivity index (χ2n) is 5.37. The molecular weight excluding hydrogens is 280 g/mol. The Morgan fingerprint density at radius 1 is 1.09 bits per heavy atom. The number of benzene rings is 2. The molecule has 22 heavy (non-hydrogen) atoms. The van der Waals surface area contributed by atoms with Crippen LogP contribution in [-0.2, 0) is 20.7 Å². The van der Waals surface area contributed by atoms with Gasteiger partial charge in [0.25, 0.3) is 0 Å². The predicted molar refractivity (Wildman–Crippen MR) is 82.5 cm³/mol. The van der Waals surface area contributed by atoms with Crippen LogP contribution in [0.15, 0.2) is 53.8 Å². The van der Waals surface area contributed by atoms with Crippen molar-refractivity contribution in [1.82, 2.24) is 0 Å². The molecule has 0 aliphatic heterocycles. The van der Waals surface area contributed by atoms with Crippen LogP contribution in [0.5, 0.6) is 0 Å². The van der Waals surface area contributed by atoms with E-state index in [0.717, 1.165) is 16.3 Å². The Morgan fingerprint density at radius 3 is 2.64 bits per heavy atom.